The monoisotopic (exact) mass is 462 g/mol. The van der Waals surface area contributed by atoms with Crippen LogP contribution >= 0.6 is 0 Å². The lowest BCUT2D eigenvalue weighted by Gasteiger charge is -2.32. The lowest BCUT2D eigenvalue weighted by molar-refractivity contribution is -0.0241. The summed E-state index contributed by atoms with van der Waals surface area (Å²) in [6, 6.07) is 4.05. The predicted octanol–water partition coefficient (Wildman–Crippen LogP) is 2.84. The Kier molecular flexibility index (Phi) is 5.98. The molecule has 2 N–H and O–H groups in total. The molecule has 0 radical (unpaired) electrons. The molecule has 2 amide bonds. The molecular weight excluding hydrogens is 441 g/mol. The summed E-state index contributed by atoms with van der Waals surface area (Å²) in [5, 5.41) is 0. The third kappa shape index (κ3) is 4.11. The number of aromatic nitrogens is 2. The van der Waals surface area contributed by atoms with E-state index in [1.807, 2.05) is 6.92 Å². The van der Waals surface area contributed by atoms with Gasteiger partial charge < -0.3 is 24.5 Å². The number of nitrogens with zero attached hydrogens (tertiary/aromatic N) is 3. The first-order chi connectivity index (χ1) is 15.7. The van der Waals surface area contributed by atoms with E-state index >= 15 is 0 Å². The van der Waals surface area contributed by atoms with Gasteiger partial charge in [-0.15, -0.1) is 0 Å². The second kappa shape index (κ2) is 8.74. The van der Waals surface area contributed by atoms with Crippen LogP contribution in [0.15, 0.2) is 24.4 Å². The number of imidazole rings is 1. The fourth-order valence-corrected chi connectivity index (χ4v) is 3.94. The minimum absolute atomic E-state index is 0.116. The average Bonchev–Trinajstić information content (AvgIpc) is 3.12. The van der Waals surface area contributed by atoms with Gasteiger partial charge in [0.1, 0.15) is 11.5 Å². The topological polar surface area (TPSA) is 99.2 Å². The smallest absolute Gasteiger partial charge is 0.409 e. The van der Waals surface area contributed by atoms with Crippen LogP contribution in [-0.4, -0.2) is 59.2 Å². The van der Waals surface area contributed by atoms with Crippen molar-refractivity contribution in [3.05, 3.63) is 58.7 Å². The van der Waals surface area contributed by atoms with E-state index in [1.165, 1.54) is 12.0 Å². The maximum atomic E-state index is 15.0. The molecule has 1 atom stereocenters. The first-order valence-electron chi connectivity index (χ1n) is 10.1. The van der Waals surface area contributed by atoms with E-state index in [4.69, 9.17) is 15.2 Å². The van der Waals surface area contributed by atoms with Crippen molar-refractivity contribution in [2.24, 2.45) is 5.73 Å². The summed E-state index contributed by atoms with van der Waals surface area (Å²) in [6.07, 6.45) is 0.754. The van der Waals surface area contributed by atoms with Gasteiger partial charge in [0.05, 0.1) is 48.9 Å². The standard InChI is InChI=1S/C22H21F3N4O4/c1-11-3-4-29-15(8-12-10-28(5-6-33-12)22(31)32-2)20(27-16(29)7-11)17-14(23)9-13(21(26)30)18(24)19(17)25/h3-4,7,9,12H,5-6,8,10H2,1-2H3,(H2,26,30)/t12-/m0/s1. The van der Waals surface area contributed by atoms with Crippen LogP contribution in [0, 0.1) is 24.4 Å². The molecule has 1 saturated heterocycles. The predicted molar refractivity (Wildman–Crippen MR) is 111 cm³/mol. The van der Waals surface area contributed by atoms with Crippen molar-refractivity contribution in [1.29, 1.82) is 0 Å². The number of nitrogens with two attached hydrogens (primary N) is 1. The van der Waals surface area contributed by atoms with Crippen LogP contribution in [0.3, 0.4) is 0 Å². The number of amides is 2. The fraction of sp³-hybridized carbons (Fsp3) is 0.318. The van der Waals surface area contributed by atoms with Gasteiger partial charge in [0.15, 0.2) is 11.6 Å². The van der Waals surface area contributed by atoms with Crippen molar-refractivity contribution < 1.29 is 32.2 Å². The Morgan fingerprint density at radius 3 is 2.73 bits per heavy atom. The molecule has 11 heteroatoms. The molecule has 1 aromatic carbocycles. The van der Waals surface area contributed by atoms with Gasteiger partial charge in [0.25, 0.3) is 5.91 Å². The molecule has 174 valence electrons. The van der Waals surface area contributed by atoms with E-state index in [2.05, 4.69) is 4.98 Å². The maximum Gasteiger partial charge on any atom is 0.409 e. The molecule has 0 bridgehead atoms. The van der Waals surface area contributed by atoms with Gasteiger partial charge in [-0.2, -0.15) is 0 Å². The number of aryl methyl sites for hydroxylation is 1. The van der Waals surface area contributed by atoms with Crippen molar-refractivity contribution in [3.63, 3.8) is 0 Å². The lowest BCUT2D eigenvalue weighted by Crippen LogP contribution is -2.46. The number of ether oxygens (including phenoxy) is 2. The molecule has 0 aliphatic carbocycles. The molecule has 33 heavy (non-hydrogen) atoms. The minimum atomic E-state index is -1.56. The minimum Gasteiger partial charge on any atom is -0.453 e. The van der Waals surface area contributed by atoms with Gasteiger partial charge in [-0.25, -0.2) is 22.9 Å². The zero-order valence-corrected chi connectivity index (χ0v) is 17.9. The number of pyridine rings is 1. The Morgan fingerprint density at radius 1 is 1.27 bits per heavy atom. The molecule has 1 fully saturated rings. The van der Waals surface area contributed by atoms with Crippen LogP contribution in [0.25, 0.3) is 16.9 Å². The molecule has 0 unspecified atom stereocenters. The number of rotatable bonds is 4. The highest BCUT2D eigenvalue weighted by atomic mass is 19.2. The molecule has 8 nitrogen and oxygen atoms in total. The largest absolute Gasteiger partial charge is 0.453 e. The van der Waals surface area contributed by atoms with Gasteiger partial charge in [0.2, 0.25) is 0 Å². The highest BCUT2D eigenvalue weighted by molar-refractivity contribution is 5.93. The maximum absolute atomic E-state index is 15.0. The number of hydrogen-bond donors (Lipinski definition) is 1. The number of primary amides is 1. The molecule has 3 heterocycles. The summed E-state index contributed by atoms with van der Waals surface area (Å²) in [4.78, 5) is 29.1. The molecule has 4 rings (SSSR count). The normalized spacial score (nSPS) is 16.3. The van der Waals surface area contributed by atoms with Crippen molar-refractivity contribution in [2.75, 3.05) is 26.8 Å². The summed E-state index contributed by atoms with van der Waals surface area (Å²) in [5.74, 6) is -5.58. The van der Waals surface area contributed by atoms with Crippen molar-refractivity contribution >= 4 is 17.6 Å². The van der Waals surface area contributed by atoms with Crippen LogP contribution in [0.1, 0.15) is 21.6 Å². The van der Waals surface area contributed by atoms with Gasteiger partial charge in [0, 0.05) is 19.2 Å². The lowest BCUT2D eigenvalue weighted by atomic mass is 10.0. The Bertz CT molecular complexity index is 1260. The first-order valence-corrected chi connectivity index (χ1v) is 10.1. The van der Waals surface area contributed by atoms with Gasteiger partial charge in [-0.1, -0.05) is 0 Å². The number of halogens is 3. The zero-order valence-electron chi connectivity index (χ0n) is 17.9. The fourth-order valence-electron chi connectivity index (χ4n) is 3.94. The van der Waals surface area contributed by atoms with E-state index in [-0.39, 0.29) is 25.3 Å². The third-order valence-corrected chi connectivity index (χ3v) is 5.53. The number of fused-ring (bicyclic) bond motifs is 1. The summed E-state index contributed by atoms with van der Waals surface area (Å²) in [6.45, 7) is 2.60. The Morgan fingerprint density at radius 2 is 2.03 bits per heavy atom. The second-order valence-corrected chi connectivity index (χ2v) is 7.73. The van der Waals surface area contributed by atoms with Crippen molar-refractivity contribution in [3.8, 4) is 11.3 Å². The highest BCUT2D eigenvalue weighted by Crippen LogP contribution is 2.33. The molecular formula is C22H21F3N4O4. The van der Waals surface area contributed by atoms with Crippen LogP contribution in [0.2, 0.25) is 0 Å². The number of morpholine rings is 1. The summed E-state index contributed by atoms with van der Waals surface area (Å²) < 4.78 is 56.6. The van der Waals surface area contributed by atoms with Crippen LogP contribution in [0.4, 0.5) is 18.0 Å². The van der Waals surface area contributed by atoms with Gasteiger partial charge in [-0.05, 0) is 30.7 Å². The van der Waals surface area contributed by atoms with E-state index in [0.717, 1.165) is 5.56 Å². The van der Waals surface area contributed by atoms with Gasteiger partial charge in [-0.3, -0.25) is 4.79 Å². The number of carbonyl (C=O) groups is 2. The highest BCUT2D eigenvalue weighted by Gasteiger charge is 2.30. The van der Waals surface area contributed by atoms with E-state index in [1.54, 1.807) is 22.7 Å². The molecule has 3 aromatic rings. The molecule has 1 aliphatic heterocycles. The zero-order chi connectivity index (χ0) is 23.9. The van der Waals surface area contributed by atoms with Gasteiger partial charge >= 0.3 is 6.09 Å². The molecule has 1 aliphatic rings. The number of hydrogen-bond acceptors (Lipinski definition) is 5. The summed E-state index contributed by atoms with van der Waals surface area (Å²) in [5.41, 5.74) is 4.89. The average molecular weight is 462 g/mol. The molecule has 2 aromatic heterocycles. The number of methoxy groups -OCH3 is 1. The quantitative estimate of drug-likeness (QED) is 0.602. The summed E-state index contributed by atoms with van der Waals surface area (Å²) in [7, 11) is 1.27. The SMILES string of the molecule is COC(=O)N1CCO[C@@H](Cc2c(-c3c(F)cc(C(N)=O)c(F)c3F)nc3cc(C)ccn23)C1. The van der Waals surface area contributed by atoms with E-state index in [0.29, 0.717) is 24.0 Å². The van der Waals surface area contributed by atoms with Crippen LogP contribution in [0.5, 0.6) is 0 Å². The Hall–Kier alpha value is -3.60. The van der Waals surface area contributed by atoms with Crippen LogP contribution in [-0.2, 0) is 15.9 Å². The molecule has 0 saturated carbocycles. The van der Waals surface area contributed by atoms with E-state index in [9.17, 15) is 22.8 Å². The Balaban J connectivity index is 1.84. The number of benzene rings is 1. The first kappa shape index (κ1) is 22.6. The Labute approximate surface area is 186 Å². The number of carbonyl (C=O) groups excluding carboxylic acids is 2. The van der Waals surface area contributed by atoms with Crippen LogP contribution < -0.4 is 5.73 Å². The third-order valence-electron chi connectivity index (χ3n) is 5.53. The second-order valence-electron chi connectivity index (χ2n) is 7.73. The summed E-state index contributed by atoms with van der Waals surface area (Å²) >= 11 is 0. The molecule has 0 spiro atoms. The van der Waals surface area contributed by atoms with E-state index < -0.39 is 46.7 Å². The van der Waals surface area contributed by atoms with Crippen molar-refractivity contribution in [1.82, 2.24) is 14.3 Å². The van der Waals surface area contributed by atoms with Crippen molar-refractivity contribution in [2.45, 2.75) is 19.4 Å².